The summed E-state index contributed by atoms with van der Waals surface area (Å²) in [7, 11) is 0. The predicted molar refractivity (Wildman–Crippen MR) is 67.7 cm³/mol. The molecule has 19 heavy (non-hydrogen) atoms. The maximum Gasteiger partial charge on any atom is 0.255 e. The molecule has 6 heteroatoms. The summed E-state index contributed by atoms with van der Waals surface area (Å²) in [6, 6.07) is 6.48. The van der Waals surface area contributed by atoms with E-state index in [1.165, 1.54) is 0 Å². The third-order valence-electron chi connectivity index (χ3n) is 2.93. The van der Waals surface area contributed by atoms with Crippen LogP contribution in [0.3, 0.4) is 0 Å². The molecule has 1 aliphatic rings. The van der Waals surface area contributed by atoms with Gasteiger partial charge in [0, 0.05) is 18.7 Å². The summed E-state index contributed by atoms with van der Waals surface area (Å²) < 4.78 is 5.11. The number of benzene rings is 1. The molecule has 0 unspecified atom stereocenters. The Labute approximate surface area is 110 Å². The van der Waals surface area contributed by atoms with E-state index < -0.39 is 12.0 Å². The third kappa shape index (κ3) is 3.45. The van der Waals surface area contributed by atoms with Crippen LogP contribution in [-0.2, 0) is 4.79 Å². The van der Waals surface area contributed by atoms with E-state index in [1.54, 1.807) is 29.2 Å². The van der Waals surface area contributed by atoms with Gasteiger partial charge in [0.1, 0.15) is 5.75 Å². The first-order valence-electron chi connectivity index (χ1n) is 6.05. The van der Waals surface area contributed by atoms with Gasteiger partial charge in [0.2, 0.25) is 0 Å². The Hall–Kier alpha value is -2.08. The molecule has 1 aromatic rings. The van der Waals surface area contributed by atoms with Crippen molar-refractivity contribution >= 4 is 11.8 Å². The molecule has 1 aliphatic heterocycles. The van der Waals surface area contributed by atoms with Crippen molar-refractivity contribution in [2.24, 2.45) is 5.73 Å². The Morgan fingerprint density at radius 2 is 2.05 bits per heavy atom. The van der Waals surface area contributed by atoms with Gasteiger partial charge in [0.25, 0.3) is 11.8 Å². The van der Waals surface area contributed by atoms with Crippen LogP contribution in [-0.4, -0.2) is 47.6 Å². The first-order chi connectivity index (χ1) is 9.06. The maximum absolute atomic E-state index is 12.1. The Morgan fingerprint density at radius 3 is 2.58 bits per heavy atom. The van der Waals surface area contributed by atoms with Gasteiger partial charge >= 0.3 is 0 Å². The van der Waals surface area contributed by atoms with Crippen LogP contribution in [0.1, 0.15) is 16.8 Å². The van der Waals surface area contributed by atoms with Crippen molar-refractivity contribution in [3.05, 3.63) is 29.8 Å². The van der Waals surface area contributed by atoms with Crippen LogP contribution in [0.25, 0.3) is 0 Å². The monoisotopic (exact) mass is 264 g/mol. The van der Waals surface area contributed by atoms with Gasteiger partial charge in [-0.2, -0.15) is 0 Å². The van der Waals surface area contributed by atoms with Gasteiger partial charge in [-0.3, -0.25) is 9.59 Å². The average Bonchev–Trinajstić information content (AvgIpc) is 2.83. The standard InChI is InChI=1S/C13H16N2O4/c14-12(17)8-19-11-3-1-9(2-4-11)13(18)15-6-5-10(16)7-15/h1-4,10,16H,5-8H2,(H2,14,17)/t10-/m0/s1. The first-order valence-corrected chi connectivity index (χ1v) is 6.05. The highest BCUT2D eigenvalue weighted by Crippen LogP contribution is 2.16. The van der Waals surface area contributed by atoms with Gasteiger partial charge in [-0.1, -0.05) is 0 Å². The Kier molecular flexibility index (Phi) is 4.01. The highest BCUT2D eigenvalue weighted by molar-refractivity contribution is 5.94. The number of amides is 2. The second-order valence-corrected chi connectivity index (χ2v) is 4.47. The molecule has 1 saturated heterocycles. The van der Waals surface area contributed by atoms with Crippen LogP contribution in [0.15, 0.2) is 24.3 Å². The van der Waals surface area contributed by atoms with Crippen molar-refractivity contribution in [2.45, 2.75) is 12.5 Å². The summed E-state index contributed by atoms with van der Waals surface area (Å²) >= 11 is 0. The predicted octanol–water partition coefficient (Wildman–Crippen LogP) is -0.242. The molecular weight excluding hydrogens is 248 g/mol. The first kappa shape index (κ1) is 13.4. The summed E-state index contributed by atoms with van der Waals surface area (Å²) in [4.78, 5) is 24.3. The lowest BCUT2D eigenvalue weighted by molar-refractivity contribution is -0.119. The van der Waals surface area contributed by atoms with Gasteiger partial charge < -0.3 is 20.5 Å². The Morgan fingerprint density at radius 1 is 1.37 bits per heavy atom. The molecule has 0 aliphatic carbocycles. The minimum atomic E-state index is -0.550. The molecule has 0 spiro atoms. The molecule has 1 fully saturated rings. The van der Waals surface area contributed by atoms with Crippen molar-refractivity contribution in [1.82, 2.24) is 4.90 Å². The normalized spacial score (nSPS) is 18.4. The van der Waals surface area contributed by atoms with Crippen molar-refractivity contribution < 1.29 is 19.4 Å². The number of nitrogens with two attached hydrogens (primary N) is 1. The van der Waals surface area contributed by atoms with Crippen LogP contribution in [0.2, 0.25) is 0 Å². The van der Waals surface area contributed by atoms with E-state index in [0.29, 0.717) is 30.8 Å². The van der Waals surface area contributed by atoms with Crippen LogP contribution >= 0.6 is 0 Å². The summed E-state index contributed by atoms with van der Waals surface area (Å²) in [6.45, 7) is 0.754. The lowest BCUT2D eigenvalue weighted by atomic mass is 10.2. The molecule has 1 aromatic carbocycles. The minimum Gasteiger partial charge on any atom is -0.484 e. The zero-order chi connectivity index (χ0) is 13.8. The summed E-state index contributed by atoms with van der Waals surface area (Å²) in [5.74, 6) is -0.180. The van der Waals surface area contributed by atoms with Crippen molar-refractivity contribution in [1.29, 1.82) is 0 Å². The Balaban J connectivity index is 1.97. The fourth-order valence-electron chi connectivity index (χ4n) is 1.96. The third-order valence-corrected chi connectivity index (χ3v) is 2.93. The van der Waals surface area contributed by atoms with Gasteiger partial charge in [-0.05, 0) is 30.7 Å². The van der Waals surface area contributed by atoms with Gasteiger partial charge in [-0.25, -0.2) is 0 Å². The molecule has 0 aromatic heterocycles. The lowest BCUT2D eigenvalue weighted by Crippen LogP contribution is -2.29. The summed E-state index contributed by atoms with van der Waals surface area (Å²) in [6.07, 6.45) is 0.188. The molecular formula is C13H16N2O4. The average molecular weight is 264 g/mol. The second kappa shape index (κ2) is 5.71. The fourth-order valence-corrected chi connectivity index (χ4v) is 1.96. The number of hydrogen-bond acceptors (Lipinski definition) is 4. The Bertz CT molecular complexity index is 472. The lowest BCUT2D eigenvalue weighted by Gasteiger charge is -2.15. The summed E-state index contributed by atoms with van der Waals surface area (Å²) in [5, 5.41) is 9.40. The van der Waals surface area contributed by atoms with E-state index >= 15 is 0 Å². The van der Waals surface area contributed by atoms with Gasteiger partial charge in [0.05, 0.1) is 6.10 Å². The number of rotatable bonds is 4. The highest BCUT2D eigenvalue weighted by atomic mass is 16.5. The number of nitrogens with zero attached hydrogens (tertiary/aromatic N) is 1. The molecule has 0 saturated carbocycles. The summed E-state index contributed by atoms with van der Waals surface area (Å²) in [5.41, 5.74) is 5.49. The van der Waals surface area contributed by atoms with E-state index in [1.807, 2.05) is 0 Å². The van der Waals surface area contributed by atoms with E-state index in [9.17, 15) is 14.7 Å². The molecule has 0 radical (unpaired) electrons. The molecule has 1 atom stereocenters. The number of likely N-dealkylation sites (tertiary alicyclic amines) is 1. The van der Waals surface area contributed by atoms with E-state index in [2.05, 4.69) is 0 Å². The second-order valence-electron chi connectivity index (χ2n) is 4.47. The zero-order valence-corrected chi connectivity index (χ0v) is 10.4. The number of carbonyl (C=O) groups excluding carboxylic acids is 2. The number of carbonyl (C=O) groups is 2. The van der Waals surface area contributed by atoms with Crippen LogP contribution in [0, 0.1) is 0 Å². The van der Waals surface area contributed by atoms with Crippen molar-refractivity contribution in [2.75, 3.05) is 19.7 Å². The number of primary amides is 1. The molecule has 0 bridgehead atoms. The number of aliphatic hydroxyl groups excluding tert-OH is 1. The van der Waals surface area contributed by atoms with Crippen molar-refractivity contribution in [3.8, 4) is 5.75 Å². The topological polar surface area (TPSA) is 92.9 Å². The molecule has 3 N–H and O–H groups in total. The van der Waals surface area contributed by atoms with E-state index in [-0.39, 0.29) is 12.5 Å². The van der Waals surface area contributed by atoms with E-state index in [0.717, 1.165) is 0 Å². The molecule has 1 heterocycles. The molecule has 2 amide bonds. The van der Waals surface area contributed by atoms with Gasteiger partial charge in [-0.15, -0.1) is 0 Å². The SMILES string of the molecule is NC(=O)COc1ccc(C(=O)N2CC[C@H](O)C2)cc1. The quantitative estimate of drug-likeness (QED) is 0.784. The van der Waals surface area contributed by atoms with Crippen LogP contribution in [0.5, 0.6) is 5.75 Å². The number of ether oxygens (including phenoxy) is 1. The molecule has 6 nitrogen and oxygen atoms in total. The number of β-amino-alcohol motifs (C(OH)–C–C–N with tert-alkyl or cyclic N) is 1. The zero-order valence-electron chi connectivity index (χ0n) is 10.4. The molecule has 2 rings (SSSR count). The minimum absolute atomic E-state index is 0.113. The van der Waals surface area contributed by atoms with Gasteiger partial charge in [0.15, 0.2) is 6.61 Å². The van der Waals surface area contributed by atoms with Crippen LogP contribution in [0.4, 0.5) is 0 Å². The number of aliphatic hydroxyl groups is 1. The van der Waals surface area contributed by atoms with E-state index in [4.69, 9.17) is 10.5 Å². The maximum atomic E-state index is 12.1. The van der Waals surface area contributed by atoms with Crippen LogP contribution < -0.4 is 10.5 Å². The fraction of sp³-hybridized carbons (Fsp3) is 0.385. The molecule has 102 valence electrons. The highest BCUT2D eigenvalue weighted by Gasteiger charge is 2.25. The largest absolute Gasteiger partial charge is 0.484 e. The smallest absolute Gasteiger partial charge is 0.255 e. The van der Waals surface area contributed by atoms with Crippen molar-refractivity contribution in [3.63, 3.8) is 0 Å². The number of hydrogen-bond donors (Lipinski definition) is 2.